The number of carbonyl (C=O) groups is 1. The smallest absolute Gasteiger partial charge is 0.271 e. The van der Waals surface area contributed by atoms with Crippen molar-refractivity contribution in [2.24, 2.45) is 5.92 Å². The summed E-state index contributed by atoms with van der Waals surface area (Å²) < 4.78 is 0. The van der Waals surface area contributed by atoms with E-state index in [-0.39, 0.29) is 23.2 Å². The zero-order valence-corrected chi connectivity index (χ0v) is 11.9. The van der Waals surface area contributed by atoms with Gasteiger partial charge in [0.25, 0.3) is 11.5 Å². The predicted molar refractivity (Wildman–Crippen MR) is 74.1 cm³/mol. The Balaban J connectivity index is 2.56. The molecule has 1 amide bonds. The van der Waals surface area contributed by atoms with Gasteiger partial charge in [-0.25, -0.2) is 5.10 Å². The van der Waals surface area contributed by atoms with Crippen LogP contribution in [0.5, 0.6) is 0 Å². The van der Waals surface area contributed by atoms with Gasteiger partial charge in [0.2, 0.25) is 0 Å². The molecule has 2 N–H and O–H groups in total. The topological polar surface area (TPSA) is 78.1 Å². The number of carbonyl (C=O) groups excluding carboxylic acids is 1. The minimum Gasteiger partial charge on any atom is -0.349 e. The van der Waals surface area contributed by atoms with Crippen LogP contribution in [0.2, 0.25) is 0 Å². The lowest BCUT2D eigenvalue weighted by Crippen LogP contribution is -2.41. The molecule has 6 nitrogen and oxygen atoms in total. The van der Waals surface area contributed by atoms with Crippen LogP contribution in [-0.4, -0.2) is 47.7 Å². The van der Waals surface area contributed by atoms with E-state index in [0.717, 1.165) is 6.42 Å². The third kappa shape index (κ3) is 5.21. The quantitative estimate of drug-likeness (QED) is 0.785. The van der Waals surface area contributed by atoms with Crippen molar-refractivity contribution in [1.82, 2.24) is 20.4 Å². The number of hydrogen-bond donors (Lipinski definition) is 2. The summed E-state index contributed by atoms with van der Waals surface area (Å²) in [5.74, 6) is 0.294. The summed E-state index contributed by atoms with van der Waals surface area (Å²) in [7, 11) is 3.99. The second-order valence-electron chi connectivity index (χ2n) is 5.26. The molecule has 0 bridgehead atoms. The van der Waals surface area contributed by atoms with Crippen molar-refractivity contribution in [2.45, 2.75) is 26.3 Å². The van der Waals surface area contributed by atoms with Crippen LogP contribution in [0.1, 0.15) is 30.8 Å². The van der Waals surface area contributed by atoms with Gasteiger partial charge in [-0.2, -0.15) is 5.10 Å². The summed E-state index contributed by atoms with van der Waals surface area (Å²) >= 11 is 0. The van der Waals surface area contributed by atoms with Crippen LogP contribution in [0, 0.1) is 5.92 Å². The molecule has 0 saturated heterocycles. The number of rotatable bonds is 6. The monoisotopic (exact) mass is 266 g/mol. The zero-order valence-electron chi connectivity index (χ0n) is 11.9. The van der Waals surface area contributed by atoms with E-state index >= 15 is 0 Å². The van der Waals surface area contributed by atoms with E-state index in [1.807, 2.05) is 14.1 Å². The summed E-state index contributed by atoms with van der Waals surface area (Å²) in [4.78, 5) is 24.8. The van der Waals surface area contributed by atoms with Crippen molar-refractivity contribution in [3.05, 3.63) is 28.2 Å². The van der Waals surface area contributed by atoms with E-state index in [2.05, 4.69) is 34.3 Å². The molecule has 0 spiro atoms. The maximum absolute atomic E-state index is 11.9. The van der Waals surface area contributed by atoms with E-state index in [0.29, 0.717) is 12.5 Å². The third-order valence-corrected chi connectivity index (χ3v) is 2.88. The van der Waals surface area contributed by atoms with Gasteiger partial charge in [-0.15, -0.1) is 0 Å². The molecule has 0 radical (unpaired) electrons. The van der Waals surface area contributed by atoms with Crippen molar-refractivity contribution < 1.29 is 4.79 Å². The highest BCUT2D eigenvalue weighted by atomic mass is 16.2. The second-order valence-corrected chi connectivity index (χ2v) is 5.26. The lowest BCUT2D eigenvalue weighted by atomic mass is 10.0. The molecule has 0 unspecified atom stereocenters. The molecule has 1 aromatic heterocycles. The summed E-state index contributed by atoms with van der Waals surface area (Å²) in [6, 6.07) is 2.99. The normalized spacial score (nSPS) is 12.7. The van der Waals surface area contributed by atoms with Crippen LogP contribution in [0.25, 0.3) is 0 Å². The largest absolute Gasteiger partial charge is 0.349 e. The van der Waals surface area contributed by atoms with Crippen molar-refractivity contribution >= 4 is 5.91 Å². The SMILES string of the molecule is CC(C)C[C@@H](CNC(=O)c1ccc(=O)[nH]n1)N(C)C. The molecular weight excluding hydrogens is 244 g/mol. The Morgan fingerprint density at radius 3 is 2.58 bits per heavy atom. The van der Waals surface area contributed by atoms with Gasteiger partial charge in [0.05, 0.1) is 0 Å². The van der Waals surface area contributed by atoms with E-state index in [9.17, 15) is 9.59 Å². The number of nitrogens with one attached hydrogen (secondary N) is 2. The number of hydrogen-bond acceptors (Lipinski definition) is 4. The van der Waals surface area contributed by atoms with Crippen LogP contribution in [0.3, 0.4) is 0 Å². The summed E-state index contributed by atoms with van der Waals surface area (Å²) in [5.41, 5.74) is -0.0934. The fourth-order valence-corrected chi connectivity index (χ4v) is 1.79. The van der Waals surface area contributed by atoms with Crippen LogP contribution in [0.4, 0.5) is 0 Å². The second kappa shape index (κ2) is 7.04. The molecule has 1 heterocycles. The van der Waals surface area contributed by atoms with Crippen molar-refractivity contribution in [2.75, 3.05) is 20.6 Å². The molecule has 0 aliphatic rings. The lowest BCUT2D eigenvalue weighted by Gasteiger charge is -2.26. The maximum atomic E-state index is 11.9. The number of aromatic amines is 1. The van der Waals surface area contributed by atoms with Gasteiger partial charge >= 0.3 is 0 Å². The van der Waals surface area contributed by atoms with Crippen molar-refractivity contribution in [3.63, 3.8) is 0 Å². The highest BCUT2D eigenvalue weighted by molar-refractivity contribution is 5.91. The Hall–Kier alpha value is -1.69. The summed E-state index contributed by atoms with van der Waals surface area (Å²) in [6.07, 6.45) is 1.01. The molecule has 0 aliphatic heterocycles. The molecule has 1 aromatic rings. The Kier molecular flexibility index (Phi) is 5.69. The Labute approximate surface area is 113 Å². The van der Waals surface area contributed by atoms with Gasteiger partial charge in [-0.05, 0) is 32.5 Å². The fraction of sp³-hybridized carbons (Fsp3) is 0.615. The van der Waals surface area contributed by atoms with Gasteiger partial charge in [0.15, 0.2) is 0 Å². The molecule has 0 fully saturated rings. The van der Waals surface area contributed by atoms with Gasteiger partial charge in [0, 0.05) is 18.7 Å². The molecule has 0 saturated carbocycles. The lowest BCUT2D eigenvalue weighted by molar-refractivity contribution is 0.0932. The highest BCUT2D eigenvalue weighted by Gasteiger charge is 2.15. The van der Waals surface area contributed by atoms with E-state index in [1.54, 1.807) is 0 Å². The Bertz CT molecular complexity index is 447. The maximum Gasteiger partial charge on any atom is 0.271 e. The predicted octanol–water partition coefficient (Wildman–Crippen LogP) is 0.476. The standard InChI is InChI=1S/C13H22N4O2/c1-9(2)7-10(17(3)4)8-14-13(19)11-5-6-12(18)16-15-11/h5-6,9-10H,7-8H2,1-4H3,(H,14,19)(H,16,18)/t10-/m0/s1. The average Bonchev–Trinajstić information content (AvgIpc) is 2.34. The molecule has 106 valence electrons. The number of aromatic nitrogens is 2. The average molecular weight is 266 g/mol. The fourth-order valence-electron chi connectivity index (χ4n) is 1.79. The molecule has 19 heavy (non-hydrogen) atoms. The van der Waals surface area contributed by atoms with E-state index in [1.165, 1.54) is 12.1 Å². The van der Waals surface area contributed by atoms with Crippen molar-refractivity contribution in [3.8, 4) is 0 Å². The first-order chi connectivity index (χ1) is 8.90. The van der Waals surface area contributed by atoms with Crippen LogP contribution < -0.4 is 10.9 Å². The van der Waals surface area contributed by atoms with Gasteiger partial charge in [-0.1, -0.05) is 13.8 Å². The number of likely N-dealkylation sites (N-methyl/N-ethyl adjacent to an activating group) is 1. The Morgan fingerprint density at radius 2 is 2.11 bits per heavy atom. The molecule has 0 aliphatic carbocycles. The number of H-pyrrole nitrogens is 1. The molecule has 1 rings (SSSR count). The first-order valence-corrected chi connectivity index (χ1v) is 6.40. The van der Waals surface area contributed by atoms with Crippen LogP contribution >= 0.6 is 0 Å². The molecular formula is C13H22N4O2. The zero-order chi connectivity index (χ0) is 14.4. The number of nitrogens with zero attached hydrogens (tertiary/aromatic N) is 2. The minimum absolute atomic E-state index is 0.224. The highest BCUT2D eigenvalue weighted by Crippen LogP contribution is 2.08. The summed E-state index contributed by atoms with van der Waals surface area (Å²) in [5, 5.41) is 8.79. The first kappa shape index (κ1) is 15.4. The van der Waals surface area contributed by atoms with Crippen molar-refractivity contribution in [1.29, 1.82) is 0 Å². The summed E-state index contributed by atoms with van der Waals surface area (Å²) in [6.45, 7) is 4.87. The van der Waals surface area contributed by atoms with Gasteiger partial charge in [-0.3, -0.25) is 9.59 Å². The van der Waals surface area contributed by atoms with E-state index in [4.69, 9.17) is 0 Å². The van der Waals surface area contributed by atoms with Gasteiger partial charge in [0.1, 0.15) is 5.69 Å². The minimum atomic E-state index is -0.317. The van der Waals surface area contributed by atoms with Crippen LogP contribution in [0.15, 0.2) is 16.9 Å². The van der Waals surface area contributed by atoms with Crippen LogP contribution in [-0.2, 0) is 0 Å². The molecule has 1 atom stereocenters. The third-order valence-electron chi connectivity index (χ3n) is 2.88. The first-order valence-electron chi connectivity index (χ1n) is 6.40. The van der Waals surface area contributed by atoms with Gasteiger partial charge < -0.3 is 10.2 Å². The molecule has 0 aromatic carbocycles. The molecule has 6 heteroatoms. The number of amides is 1. The van der Waals surface area contributed by atoms with E-state index < -0.39 is 0 Å². The Morgan fingerprint density at radius 1 is 1.42 bits per heavy atom.